The topological polar surface area (TPSA) is 269 Å². The van der Waals surface area contributed by atoms with Gasteiger partial charge in [-0.25, -0.2) is 28.8 Å². The van der Waals surface area contributed by atoms with Gasteiger partial charge in [0.15, 0.2) is 34.5 Å². The van der Waals surface area contributed by atoms with E-state index in [0.29, 0.717) is 109 Å². The van der Waals surface area contributed by atoms with Crippen molar-refractivity contribution >= 4 is 68.1 Å². The van der Waals surface area contributed by atoms with Gasteiger partial charge in [-0.05, 0) is 292 Å². The van der Waals surface area contributed by atoms with Crippen molar-refractivity contribution in [3.05, 3.63) is 255 Å². The molecule has 0 unspecified atom stereocenters. The maximum atomic E-state index is 14.2. The van der Waals surface area contributed by atoms with Gasteiger partial charge in [-0.2, -0.15) is 0 Å². The van der Waals surface area contributed by atoms with Crippen LogP contribution >= 0.6 is 0 Å². The highest BCUT2D eigenvalue weighted by Gasteiger charge is 2.25. The number of carbonyl (C=O) groups is 6. The zero-order chi connectivity index (χ0) is 80.2. The summed E-state index contributed by atoms with van der Waals surface area (Å²) in [4.78, 5) is 85.0. The molecular weight excluding hydrogens is 1460 g/mol. The van der Waals surface area contributed by atoms with Crippen LogP contribution in [-0.4, -0.2) is 115 Å². The van der Waals surface area contributed by atoms with E-state index in [1.165, 1.54) is 72.9 Å². The van der Waals surface area contributed by atoms with Crippen LogP contribution in [0, 0.1) is 0 Å². The Morgan fingerprint density at radius 3 is 0.421 bits per heavy atom. The number of benzene rings is 10. The Bertz CT molecular complexity index is 4230. The summed E-state index contributed by atoms with van der Waals surface area (Å²) in [5, 5.41) is 1.20. The van der Waals surface area contributed by atoms with Gasteiger partial charge in [-0.1, -0.05) is 0 Å². The van der Waals surface area contributed by atoms with E-state index in [9.17, 15) is 28.8 Å². The van der Waals surface area contributed by atoms with Crippen LogP contribution in [0.25, 0.3) is 32.3 Å². The zero-order valence-electron chi connectivity index (χ0n) is 63.5. The fraction of sp³-hybridized carbons (Fsp3) is 0.200. The maximum absolute atomic E-state index is 14.2. The summed E-state index contributed by atoms with van der Waals surface area (Å²) in [7, 11) is 0. The average molecular weight is 1550 g/mol. The number of hydrogen-bond acceptors (Lipinski definition) is 24. The van der Waals surface area contributed by atoms with Crippen molar-refractivity contribution in [1.29, 1.82) is 0 Å². The summed E-state index contributed by atoms with van der Waals surface area (Å²) in [5.41, 5.74) is 0. The molecule has 24 nitrogen and oxygen atoms in total. The van der Waals surface area contributed by atoms with Crippen molar-refractivity contribution in [2.75, 3.05) is 79.3 Å². The van der Waals surface area contributed by atoms with E-state index >= 15 is 0 Å². The largest absolute Gasteiger partial charge is 0.494 e. The molecule has 114 heavy (non-hydrogen) atoms. The monoisotopic (exact) mass is 1550 g/mol. The summed E-state index contributed by atoms with van der Waals surface area (Å²) in [6, 6.07) is 49.8. The highest BCUT2D eigenvalue weighted by molar-refractivity contribution is 6.27. The summed E-state index contributed by atoms with van der Waals surface area (Å²) >= 11 is 0. The lowest BCUT2D eigenvalue weighted by Gasteiger charge is -2.18. The quantitative estimate of drug-likeness (QED) is 0.0149. The molecule has 0 aromatic heterocycles. The van der Waals surface area contributed by atoms with E-state index in [2.05, 4.69) is 0 Å². The number of hydrogen-bond donors (Lipinski definition) is 0. The molecule has 0 fully saturated rings. The van der Waals surface area contributed by atoms with Gasteiger partial charge in [-0.15, -0.1) is 0 Å². The normalized spacial score (nSPS) is 11.3. The van der Waals surface area contributed by atoms with Gasteiger partial charge in [0.05, 0.1) is 39.6 Å². The minimum atomic E-state index is -0.943. The summed E-state index contributed by atoms with van der Waals surface area (Å²) in [5.74, 6) is -0.788. The molecule has 0 aliphatic carbocycles. The molecule has 0 saturated heterocycles. The van der Waals surface area contributed by atoms with E-state index in [0.717, 1.165) is 36.5 Å². The highest BCUT2D eigenvalue weighted by Crippen LogP contribution is 2.48. The fourth-order valence-electron chi connectivity index (χ4n) is 10.9. The zero-order valence-corrected chi connectivity index (χ0v) is 63.5. The first kappa shape index (κ1) is 82.3. The molecule has 0 N–H and O–H groups in total. The third kappa shape index (κ3) is 25.5. The van der Waals surface area contributed by atoms with Gasteiger partial charge in [0, 0.05) is 36.5 Å². The van der Waals surface area contributed by atoms with E-state index in [-0.39, 0.29) is 106 Å². The summed E-state index contributed by atoms with van der Waals surface area (Å²) < 4.78 is 105. The van der Waals surface area contributed by atoms with E-state index in [1.54, 1.807) is 146 Å². The third-order valence-electron chi connectivity index (χ3n) is 15.8. The molecular formula is C90H84O24. The number of rotatable bonds is 42. The predicted octanol–water partition coefficient (Wildman–Crippen LogP) is 16.8. The predicted molar refractivity (Wildman–Crippen MR) is 426 cm³/mol. The lowest BCUT2D eigenvalue weighted by molar-refractivity contribution is -0.131. The standard InChI is InChI=1S/C90H84O24/c1-7-97-61-25-37-67(38-26-61)103-49-13-19-85(91)109-79-55-73-74(56-80(79)110-86(92)20-14-50-104-68-39-27-62(28-40-68)98-8-2)76-58-82(112-88(94)22-16-52-106-70-43-31-64(32-44-70)100-10-4)84(114-90(96)24-18-54-108-72-47-35-66(36-48-72)102-12-6)60-78(76)77-59-83(113-89(95)23-17-53-107-71-45-33-65(34-46-71)101-11-5)81(57-75(73)77)111-87(93)21-15-51-105-69-41-29-63(30-42-69)99-9-3/h13-48,55-60H,7-12,49-54H2,1-6H3. The molecule has 588 valence electrons. The molecule has 0 bridgehead atoms. The molecule has 0 aliphatic heterocycles. The van der Waals surface area contributed by atoms with Crippen molar-refractivity contribution in [2.24, 2.45) is 0 Å². The molecule has 10 aromatic rings. The second-order valence-electron chi connectivity index (χ2n) is 23.8. The Labute approximate surface area is 658 Å². The van der Waals surface area contributed by atoms with Crippen LogP contribution in [0.4, 0.5) is 0 Å². The number of ether oxygens (including phenoxy) is 18. The Morgan fingerprint density at radius 1 is 0.193 bits per heavy atom. The lowest BCUT2D eigenvalue weighted by atomic mass is 9.93. The Balaban J connectivity index is 1.10. The minimum absolute atomic E-state index is 0.0810. The van der Waals surface area contributed by atoms with Gasteiger partial charge in [0.2, 0.25) is 0 Å². The lowest BCUT2D eigenvalue weighted by Crippen LogP contribution is -2.11. The number of fused-ring (bicyclic) bond motifs is 6. The second kappa shape index (κ2) is 43.3. The maximum Gasteiger partial charge on any atom is 0.336 e. The molecule has 0 amide bonds. The van der Waals surface area contributed by atoms with E-state index in [4.69, 9.17) is 85.3 Å². The van der Waals surface area contributed by atoms with Crippen LogP contribution in [0.1, 0.15) is 41.5 Å². The number of carbonyl (C=O) groups excluding carboxylic acids is 6. The van der Waals surface area contributed by atoms with Crippen molar-refractivity contribution in [1.82, 2.24) is 0 Å². The van der Waals surface area contributed by atoms with Crippen molar-refractivity contribution in [3.8, 4) is 103 Å². The summed E-state index contributed by atoms with van der Waals surface area (Å²) in [6.07, 6.45) is 15.2. The highest BCUT2D eigenvalue weighted by atomic mass is 16.6. The van der Waals surface area contributed by atoms with Gasteiger partial charge in [0.1, 0.15) is 109 Å². The Kier molecular flexibility index (Phi) is 31.3. The van der Waals surface area contributed by atoms with Crippen LogP contribution < -0.4 is 85.3 Å². The van der Waals surface area contributed by atoms with Crippen molar-refractivity contribution < 1.29 is 114 Å². The van der Waals surface area contributed by atoms with E-state index in [1.807, 2.05) is 41.5 Å². The first-order valence-electron chi connectivity index (χ1n) is 36.7. The van der Waals surface area contributed by atoms with Gasteiger partial charge < -0.3 is 85.3 Å². The molecule has 10 aromatic carbocycles. The summed E-state index contributed by atoms with van der Waals surface area (Å²) in [6.45, 7) is 13.5. The average Bonchev–Trinajstić information content (AvgIpc) is 0.723. The Morgan fingerprint density at radius 2 is 0.307 bits per heavy atom. The van der Waals surface area contributed by atoms with Gasteiger partial charge >= 0.3 is 35.8 Å². The fourth-order valence-corrected chi connectivity index (χ4v) is 10.9. The first-order chi connectivity index (χ1) is 55.7. The van der Waals surface area contributed by atoms with Crippen LogP contribution in [0.3, 0.4) is 0 Å². The molecule has 0 aliphatic rings. The second-order valence-corrected chi connectivity index (χ2v) is 23.8. The molecule has 0 radical (unpaired) electrons. The van der Waals surface area contributed by atoms with Crippen molar-refractivity contribution in [3.63, 3.8) is 0 Å². The van der Waals surface area contributed by atoms with Gasteiger partial charge in [0.25, 0.3) is 0 Å². The van der Waals surface area contributed by atoms with E-state index < -0.39 is 35.8 Å². The molecule has 0 heterocycles. The smallest absolute Gasteiger partial charge is 0.336 e. The van der Waals surface area contributed by atoms with Crippen LogP contribution in [0.5, 0.6) is 103 Å². The van der Waals surface area contributed by atoms with Crippen LogP contribution in [0.15, 0.2) is 255 Å². The van der Waals surface area contributed by atoms with Crippen molar-refractivity contribution in [2.45, 2.75) is 41.5 Å². The third-order valence-corrected chi connectivity index (χ3v) is 15.8. The minimum Gasteiger partial charge on any atom is -0.494 e. The van der Waals surface area contributed by atoms with Crippen LogP contribution in [0.2, 0.25) is 0 Å². The van der Waals surface area contributed by atoms with Gasteiger partial charge in [-0.3, -0.25) is 0 Å². The molecule has 24 heteroatoms. The first-order valence-corrected chi connectivity index (χ1v) is 36.7. The SMILES string of the molecule is CCOc1ccc(OCC=CC(=O)Oc2cc3c4cc(OC(=O)C=CCOc5ccc(OCC)cc5)c(OC(=O)C=CCOc5ccc(OCC)cc5)cc4c4cc(OC(=O)C=CCOc5ccc(OCC)cc5)c(OC(=O)C=CCOc5ccc(OCC)cc5)cc4c3cc2OC(=O)C=CCOc2ccc(OCC)cc2)cc1. The Hall–Kier alpha value is -14.2. The molecule has 0 spiro atoms. The molecule has 0 saturated carbocycles. The van der Waals surface area contributed by atoms with Crippen LogP contribution in [-0.2, 0) is 28.8 Å². The molecule has 0 atom stereocenters. The number of esters is 6. The molecule has 10 rings (SSSR count).